The van der Waals surface area contributed by atoms with Crippen molar-refractivity contribution in [3.05, 3.63) is 32.2 Å². The largest absolute Gasteiger partial charge is 0.0876 e. The van der Waals surface area contributed by atoms with Gasteiger partial charge >= 0.3 is 0 Å². The highest BCUT2D eigenvalue weighted by molar-refractivity contribution is 9.11. The minimum absolute atomic E-state index is 0.893. The molecule has 0 atom stereocenters. The van der Waals surface area contributed by atoms with Gasteiger partial charge in [0.15, 0.2) is 0 Å². The summed E-state index contributed by atoms with van der Waals surface area (Å²) in [5.41, 5.74) is 2.52. The van der Waals surface area contributed by atoms with Crippen LogP contribution in [0.15, 0.2) is 21.1 Å². The second-order valence-corrected chi connectivity index (χ2v) is 4.59. The predicted molar refractivity (Wildman–Crippen MR) is 59.2 cm³/mol. The summed E-state index contributed by atoms with van der Waals surface area (Å²) < 4.78 is 2.31. The molecule has 0 radical (unpaired) electrons. The van der Waals surface area contributed by atoms with Gasteiger partial charge in [0.25, 0.3) is 0 Å². The van der Waals surface area contributed by atoms with Crippen molar-refractivity contribution in [2.24, 2.45) is 0 Å². The zero-order valence-corrected chi connectivity index (χ0v) is 10.8. The second-order valence-electron chi connectivity index (χ2n) is 2.32. The molecule has 3 heteroatoms. The van der Waals surface area contributed by atoms with E-state index in [0.29, 0.717) is 0 Å². The van der Waals surface area contributed by atoms with Crippen molar-refractivity contribution in [1.82, 2.24) is 0 Å². The lowest BCUT2D eigenvalue weighted by Crippen LogP contribution is -1.83. The smallest absolute Gasteiger partial charge is 0.0283 e. The molecule has 0 unspecified atom stereocenters. The zero-order chi connectivity index (χ0) is 8.43. The molecule has 0 saturated carbocycles. The van der Waals surface area contributed by atoms with Crippen LogP contribution in [-0.2, 0) is 5.33 Å². The SMILES string of the molecule is Cc1c(Br)cc(CBr)cc1Br. The Morgan fingerprint density at radius 3 is 2.00 bits per heavy atom. The third-order valence-corrected chi connectivity index (χ3v) is 3.79. The van der Waals surface area contributed by atoms with Crippen LogP contribution in [0.5, 0.6) is 0 Å². The number of halogens is 3. The summed E-state index contributed by atoms with van der Waals surface area (Å²) in [4.78, 5) is 0. The first-order chi connectivity index (χ1) is 5.15. The molecule has 60 valence electrons. The molecule has 1 aromatic carbocycles. The van der Waals surface area contributed by atoms with Crippen molar-refractivity contribution in [2.75, 3.05) is 0 Å². The first kappa shape index (κ1) is 9.75. The summed E-state index contributed by atoms with van der Waals surface area (Å²) in [5, 5.41) is 0.893. The average Bonchev–Trinajstić information content (AvgIpc) is 1.99. The zero-order valence-electron chi connectivity index (χ0n) is 6.00. The molecule has 0 aliphatic rings. The molecule has 0 heterocycles. The van der Waals surface area contributed by atoms with Crippen molar-refractivity contribution in [2.45, 2.75) is 12.3 Å². The minimum atomic E-state index is 0.893. The van der Waals surface area contributed by atoms with Crippen LogP contribution in [0.2, 0.25) is 0 Å². The predicted octanol–water partition coefficient (Wildman–Crippen LogP) is 4.41. The van der Waals surface area contributed by atoms with E-state index in [-0.39, 0.29) is 0 Å². The molecular weight excluding hydrogens is 336 g/mol. The van der Waals surface area contributed by atoms with Gasteiger partial charge in [0.05, 0.1) is 0 Å². The van der Waals surface area contributed by atoms with Gasteiger partial charge in [-0.05, 0) is 30.2 Å². The monoisotopic (exact) mass is 340 g/mol. The summed E-state index contributed by atoms with van der Waals surface area (Å²) in [6.07, 6.45) is 0. The molecule has 11 heavy (non-hydrogen) atoms. The summed E-state index contributed by atoms with van der Waals surface area (Å²) in [6, 6.07) is 4.24. The third-order valence-electron chi connectivity index (χ3n) is 1.50. The fraction of sp³-hybridized carbons (Fsp3) is 0.250. The Kier molecular flexibility index (Phi) is 3.59. The fourth-order valence-electron chi connectivity index (χ4n) is 0.775. The Morgan fingerprint density at radius 1 is 1.18 bits per heavy atom. The van der Waals surface area contributed by atoms with E-state index in [1.165, 1.54) is 11.1 Å². The van der Waals surface area contributed by atoms with Gasteiger partial charge in [-0.2, -0.15) is 0 Å². The maximum absolute atomic E-state index is 3.49. The van der Waals surface area contributed by atoms with E-state index in [1.54, 1.807) is 0 Å². The van der Waals surface area contributed by atoms with Crippen LogP contribution in [0.4, 0.5) is 0 Å². The molecule has 0 aliphatic heterocycles. The van der Waals surface area contributed by atoms with Crippen LogP contribution in [0.1, 0.15) is 11.1 Å². The van der Waals surface area contributed by atoms with Crippen LogP contribution >= 0.6 is 47.8 Å². The van der Waals surface area contributed by atoms with Crippen LogP contribution in [-0.4, -0.2) is 0 Å². The highest BCUT2D eigenvalue weighted by Crippen LogP contribution is 2.27. The molecule has 0 spiro atoms. The Bertz CT molecular complexity index is 245. The lowest BCUT2D eigenvalue weighted by atomic mass is 10.2. The van der Waals surface area contributed by atoms with Gasteiger partial charge in [0.1, 0.15) is 0 Å². The Labute approximate surface area is 91.8 Å². The topological polar surface area (TPSA) is 0 Å². The molecule has 0 fully saturated rings. The number of alkyl halides is 1. The molecule has 1 rings (SSSR count). The van der Waals surface area contributed by atoms with Gasteiger partial charge in [-0.1, -0.05) is 47.8 Å². The van der Waals surface area contributed by atoms with Crippen molar-refractivity contribution in [1.29, 1.82) is 0 Å². The quantitative estimate of drug-likeness (QED) is 0.663. The Morgan fingerprint density at radius 2 is 1.64 bits per heavy atom. The first-order valence-electron chi connectivity index (χ1n) is 3.15. The third kappa shape index (κ3) is 2.30. The average molecular weight is 343 g/mol. The second kappa shape index (κ2) is 4.06. The van der Waals surface area contributed by atoms with Gasteiger partial charge in [-0.25, -0.2) is 0 Å². The van der Waals surface area contributed by atoms with Crippen LogP contribution < -0.4 is 0 Å². The normalized spacial score (nSPS) is 10.2. The molecule has 1 aromatic rings. The maximum Gasteiger partial charge on any atom is 0.0283 e. The molecule has 0 nitrogen and oxygen atoms in total. The fourth-order valence-corrected chi connectivity index (χ4v) is 2.38. The first-order valence-corrected chi connectivity index (χ1v) is 5.86. The molecule has 0 amide bonds. The number of benzene rings is 1. The van der Waals surface area contributed by atoms with E-state index in [0.717, 1.165) is 14.3 Å². The van der Waals surface area contributed by atoms with E-state index in [9.17, 15) is 0 Å². The standard InChI is InChI=1S/C8H7Br3/c1-5-7(10)2-6(4-9)3-8(5)11/h2-3H,4H2,1H3. The lowest BCUT2D eigenvalue weighted by Gasteiger charge is -2.03. The number of rotatable bonds is 1. The van der Waals surface area contributed by atoms with Crippen LogP contribution in [0.25, 0.3) is 0 Å². The summed E-state index contributed by atoms with van der Waals surface area (Å²) in [7, 11) is 0. The Hall–Kier alpha value is 0.660. The molecule has 0 N–H and O–H groups in total. The molecular formula is C8H7Br3. The van der Waals surface area contributed by atoms with Crippen molar-refractivity contribution in [3.63, 3.8) is 0 Å². The van der Waals surface area contributed by atoms with E-state index in [1.807, 2.05) is 0 Å². The Balaban J connectivity index is 3.21. The van der Waals surface area contributed by atoms with Crippen molar-refractivity contribution in [3.8, 4) is 0 Å². The van der Waals surface area contributed by atoms with Gasteiger partial charge < -0.3 is 0 Å². The summed E-state index contributed by atoms with van der Waals surface area (Å²) >= 11 is 10.4. The van der Waals surface area contributed by atoms with Crippen molar-refractivity contribution < 1.29 is 0 Å². The minimum Gasteiger partial charge on any atom is -0.0876 e. The highest BCUT2D eigenvalue weighted by atomic mass is 79.9. The van der Waals surface area contributed by atoms with Gasteiger partial charge in [0, 0.05) is 14.3 Å². The highest BCUT2D eigenvalue weighted by Gasteiger charge is 2.01. The maximum atomic E-state index is 3.49. The lowest BCUT2D eigenvalue weighted by molar-refractivity contribution is 1.32. The summed E-state index contributed by atoms with van der Waals surface area (Å²) in [5.74, 6) is 0. The van der Waals surface area contributed by atoms with E-state index >= 15 is 0 Å². The number of hydrogen-bond donors (Lipinski definition) is 0. The molecule has 0 aliphatic carbocycles. The molecule has 0 aromatic heterocycles. The van der Waals surface area contributed by atoms with Crippen LogP contribution in [0, 0.1) is 6.92 Å². The van der Waals surface area contributed by atoms with Gasteiger partial charge in [0.2, 0.25) is 0 Å². The van der Waals surface area contributed by atoms with Crippen LogP contribution in [0.3, 0.4) is 0 Å². The summed E-state index contributed by atoms with van der Waals surface area (Å²) in [6.45, 7) is 2.08. The van der Waals surface area contributed by atoms with Gasteiger partial charge in [-0.15, -0.1) is 0 Å². The van der Waals surface area contributed by atoms with E-state index in [4.69, 9.17) is 0 Å². The van der Waals surface area contributed by atoms with E-state index < -0.39 is 0 Å². The van der Waals surface area contributed by atoms with E-state index in [2.05, 4.69) is 66.8 Å². The van der Waals surface area contributed by atoms with Crippen molar-refractivity contribution >= 4 is 47.8 Å². The molecule has 0 bridgehead atoms. The number of hydrogen-bond acceptors (Lipinski definition) is 0. The van der Waals surface area contributed by atoms with Gasteiger partial charge in [-0.3, -0.25) is 0 Å². The molecule has 0 saturated heterocycles.